The molecule has 148 valence electrons. The van der Waals surface area contributed by atoms with Crippen molar-refractivity contribution in [2.75, 3.05) is 27.2 Å². The molecule has 6 heteroatoms. The second-order valence-corrected chi connectivity index (χ2v) is 8.95. The smallest absolute Gasteiger partial charge is 0.225 e. The molecule has 5 unspecified atom stereocenters. The number of aliphatic imine (C=N–C) groups is 1. The van der Waals surface area contributed by atoms with Gasteiger partial charge < -0.3 is 20.3 Å². The number of carbonyl (C=O) groups is 1. The third kappa shape index (κ3) is 3.71. The number of nitrogens with one attached hydrogen (secondary N) is 2. The third-order valence-electron chi connectivity index (χ3n) is 6.51. The maximum absolute atomic E-state index is 12.3. The van der Waals surface area contributed by atoms with Crippen LogP contribution in [-0.4, -0.2) is 62.2 Å². The first-order chi connectivity index (χ1) is 12.3. The first kappa shape index (κ1) is 19.5. The maximum atomic E-state index is 12.3. The summed E-state index contributed by atoms with van der Waals surface area (Å²) in [7, 11) is 3.70. The fourth-order valence-electron chi connectivity index (χ4n) is 5.16. The van der Waals surface area contributed by atoms with Crippen LogP contribution >= 0.6 is 0 Å². The molecule has 2 saturated carbocycles. The number of hydrogen-bond acceptors (Lipinski definition) is 3. The Labute approximate surface area is 158 Å². The quantitative estimate of drug-likeness (QED) is 0.591. The number of carbonyl (C=O) groups excluding carboxylic acids is 1. The molecule has 26 heavy (non-hydrogen) atoms. The van der Waals surface area contributed by atoms with Gasteiger partial charge in [-0.2, -0.15) is 0 Å². The van der Waals surface area contributed by atoms with Gasteiger partial charge in [-0.1, -0.05) is 20.3 Å². The van der Waals surface area contributed by atoms with Crippen LogP contribution in [0.1, 0.15) is 52.9 Å². The van der Waals surface area contributed by atoms with E-state index in [1.165, 1.54) is 0 Å². The van der Waals surface area contributed by atoms with Gasteiger partial charge in [0.25, 0.3) is 0 Å². The van der Waals surface area contributed by atoms with Crippen LogP contribution in [0.5, 0.6) is 0 Å². The summed E-state index contributed by atoms with van der Waals surface area (Å²) in [6.07, 6.45) is 5.59. The van der Waals surface area contributed by atoms with Crippen molar-refractivity contribution in [3.8, 4) is 0 Å². The number of guanidine groups is 1. The van der Waals surface area contributed by atoms with Crippen molar-refractivity contribution in [1.29, 1.82) is 0 Å². The molecule has 5 atom stereocenters. The van der Waals surface area contributed by atoms with E-state index in [4.69, 9.17) is 4.74 Å². The first-order valence-corrected chi connectivity index (χ1v) is 10.2. The van der Waals surface area contributed by atoms with Gasteiger partial charge in [0.1, 0.15) is 0 Å². The van der Waals surface area contributed by atoms with Gasteiger partial charge in [0.2, 0.25) is 5.91 Å². The molecule has 3 fully saturated rings. The largest absolute Gasteiger partial charge is 0.377 e. The van der Waals surface area contributed by atoms with Crippen LogP contribution < -0.4 is 10.6 Å². The highest BCUT2D eigenvalue weighted by Crippen LogP contribution is 2.52. The van der Waals surface area contributed by atoms with Crippen molar-refractivity contribution < 1.29 is 9.53 Å². The Morgan fingerprint density at radius 3 is 2.69 bits per heavy atom. The Bertz CT molecular complexity index is 546. The summed E-state index contributed by atoms with van der Waals surface area (Å²) in [4.78, 5) is 18.7. The minimum absolute atomic E-state index is 0.131. The molecule has 2 aliphatic carbocycles. The number of nitrogens with zero attached hydrogens (tertiary/aromatic N) is 2. The standard InChI is InChI=1S/C20H36N4O2/c1-6-21-19(23-16-15-10-11-26-17(15)20(16,2)3)22-14-9-7-8-13(12-14)18(25)24(4)5/h13-17H,6-12H2,1-5H3,(H2,21,22,23). The molecule has 0 bridgehead atoms. The Kier molecular flexibility index (Phi) is 5.80. The minimum atomic E-state index is 0.131. The van der Waals surface area contributed by atoms with Gasteiger partial charge in [0, 0.05) is 56.6 Å². The minimum Gasteiger partial charge on any atom is -0.377 e. The topological polar surface area (TPSA) is 66.0 Å². The molecule has 0 aromatic rings. The van der Waals surface area contributed by atoms with Gasteiger partial charge in [0.05, 0.1) is 6.10 Å². The van der Waals surface area contributed by atoms with Gasteiger partial charge in [-0.25, -0.2) is 0 Å². The van der Waals surface area contributed by atoms with Crippen molar-refractivity contribution >= 4 is 11.9 Å². The molecule has 3 rings (SSSR count). The summed E-state index contributed by atoms with van der Waals surface area (Å²) in [6, 6.07) is 0.713. The van der Waals surface area contributed by atoms with Crippen LogP contribution in [0, 0.1) is 17.3 Å². The molecule has 6 nitrogen and oxygen atoms in total. The second-order valence-electron chi connectivity index (χ2n) is 8.95. The zero-order valence-corrected chi connectivity index (χ0v) is 17.0. The van der Waals surface area contributed by atoms with E-state index in [1.54, 1.807) is 4.90 Å². The third-order valence-corrected chi connectivity index (χ3v) is 6.51. The highest BCUT2D eigenvalue weighted by atomic mass is 16.5. The number of ether oxygens (including phenoxy) is 1. The monoisotopic (exact) mass is 364 g/mol. The molecule has 1 amide bonds. The van der Waals surface area contributed by atoms with Gasteiger partial charge >= 0.3 is 0 Å². The second kappa shape index (κ2) is 7.75. The van der Waals surface area contributed by atoms with E-state index in [0.717, 1.165) is 51.2 Å². The molecular formula is C20H36N4O2. The number of amides is 1. The Morgan fingerprint density at radius 2 is 2.00 bits per heavy atom. The SMILES string of the molecule is CCN=C(NC1CCCC(C(=O)N(C)C)C1)NC1C2CCOC2C1(C)C. The van der Waals surface area contributed by atoms with Gasteiger partial charge in [0.15, 0.2) is 5.96 Å². The highest BCUT2D eigenvalue weighted by molar-refractivity contribution is 5.81. The molecule has 2 N–H and O–H groups in total. The predicted octanol–water partition coefficient (Wildman–Crippen LogP) is 2.00. The van der Waals surface area contributed by atoms with E-state index in [9.17, 15) is 4.79 Å². The average molecular weight is 365 g/mol. The molecule has 0 radical (unpaired) electrons. The summed E-state index contributed by atoms with van der Waals surface area (Å²) >= 11 is 0. The molecular weight excluding hydrogens is 328 g/mol. The van der Waals surface area contributed by atoms with Crippen LogP contribution in [0.4, 0.5) is 0 Å². The average Bonchev–Trinajstić information content (AvgIpc) is 3.06. The Balaban J connectivity index is 1.60. The summed E-state index contributed by atoms with van der Waals surface area (Å²) in [5.41, 5.74) is 0.132. The number of hydrogen-bond donors (Lipinski definition) is 2. The zero-order valence-electron chi connectivity index (χ0n) is 17.0. The van der Waals surface area contributed by atoms with E-state index in [1.807, 2.05) is 14.1 Å². The molecule has 1 aliphatic heterocycles. The van der Waals surface area contributed by atoms with Crippen LogP contribution in [0.25, 0.3) is 0 Å². The molecule has 0 spiro atoms. The summed E-state index contributed by atoms with van der Waals surface area (Å²) < 4.78 is 5.91. The molecule has 0 aromatic heterocycles. The molecule has 1 saturated heterocycles. The van der Waals surface area contributed by atoms with Crippen molar-refractivity contribution in [3.63, 3.8) is 0 Å². The lowest BCUT2D eigenvalue weighted by Crippen LogP contribution is -2.68. The van der Waals surface area contributed by atoms with Gasteiger partial charge in [-0.3, -0.25) is 9.79 Å². The number of fused-ring (bicyclic) bond motifs is 1. The van der Waals surface area contributed by atoms with Gasteiger partial charge in [-0.05, 0) is 32.6 Å². The Morgan fingerprint density at radius 1 is 1.23 bits per heavy atom. The summed E-state index contributed by atoms with van der Waals surface area (Å²) in [5.74, 6) is 1.87. The molecule has 1 heterocycles. The maximum Gasteiger partial charge on any atom is 0.225 e. The van der Waals surface area contributed by atoms with E-state index < -0.39 is 0 Å². The van der Waals surface area contributed by atoms with E-state index in [2.05, 4.69) is 36.4 Å². The molecule has 0 aromatic carbocycles. The fourth-order valence-corrected chi connectivity index (χ4v) is 5.16. The summed E-state index contributed by atoms with van der Waals surface area (Å²) in [5, 5.41) is 7.32. The lowest BCUT2D eigenvalue weighted by Gasteiger charge is -2.55. The van der Waals surface area contributed by atoms with E-state index in [0.29, 0.717) is 24.1 Å². The van der Waals surface area contributed by atoms with Crippen LogP contribution in [-0.2, 0) is 9.53 Å². The summed E-state index contributed by atoms with van der Waals surface area (Å²) in [6.45, 7) is 8.26. The van der Waals surface area contributed by atoms with Crippen molar-refractivity contribution in [3.05, 3.63) is 0 Å². The van der Waals surface area contributed by atoms with Crippen molar-refractivity contribution in [2.45, 2.75) is 71.1 Å². The van der Waals surface area contributed by atoms with Crippen LogP contribution in [0.3, 0.4) is 0 Å². The van der Waals surface area contributed by atoms with Gasteiger partial charge in [-0.15, -0.1) is 0 Å². The van der Waals surface area contributed by atoms with Crippen LogP contribution in [0.2, 0.25) is 0 Å². The zero-order chi connectivity index (χ0) is 18.9. The highest BCUT2D eigenvalue weighted by Gasteiger charge is 2.59. The first-order valence-electron chi connectivity index (χ1n) is 10.2. The van der Waals surface area contributed by atoms with Crippen molar-refractivity contribution in [1.82, 2.24) is 15.5 Å². The normalized spacial score (nSPS) is 36.0. The lowest BCUT2D eigenvalue weighted by molar-refractivity contribution is -0.134. The van der Waals surface area contributed by atoms with Crippen LogP contribution in [0.15, 0.2) is 4.99 Å². The van der Waals surface area contributed by atoms with Crippen molar-refractivity contribution in [2.24, 2.45) is 22.2 Å². The molecule has 3 aliphatic rings. The predicted molar refractivity (Wildman–Crippen MR) is 104 cm³/mol. The Hall–Kier alpha value is -1.30. The number of rotatable bonds is 4. The lowest BCUT2D eigenvalue weighted by atomic mass is 9.57. The fraction of sp³-hybridized carbons (Fsp3) is 0.900. The van der Waals surface area contributed by atoms with E-state index >= 15 is 0 Å². The van der Waals surface area contributed by atoms with E-state index in [-0.39, 0.29) is 17.2 Å².